The van der Waals surface area contributed by atoms with Gasteiger partial charge in [0.05, 0.1) is 5.56 Å². The Balaban J connectivity index is 2.24. The Bertz CT molecular complexity index is 526. The number of benzene rings is 1. The van der Waals surface area contributed by atoms with Crippen molar-refractivity contribution in [1.82, 2.24) is 4.90 Å². The SMILES string of the molecule is C=CCOc1ccccc1C(=O)N1CCC[C@@H]1C(=O)O. The summed E-state index contributed by atoms with van der Waals surface area (Å²) in [5.41, 5.74) is 0.391. The minimum atomic E-state index is -0.958. The van der Waals surface area contributed by atoms with Crippen molar-refractivity contribution in [1.29, 1.82) is 0 Å². The number of aliphatic carboxylic acids is 1. The first-order chi connectivity index (χ1) is 9.65. The number of likely N-dealkylation sites (tertiary alicyclic amines) is 1. The highest BCUT2D eigenvalue weighted by molar-refractivity contribution is 5.99. The van der Waals surface area contributed by atoms with Crippen LogP contribution in [0.2, 0.25) is 0 Å². The summed E-state index contributed by atoms with van der Waals surface area (Å²) in [6.45, 7) is 4.33. The number of rotatable bonds is 5. The number of carboxylic acids is 1. The Kier molecular flexibility index (Phi) is 4.40. The smallest absolute Gasteiger partial charge is 0.326 e. The summed E-state index contributed by atoms with van der Waals surface area (Å²) in [4.78, 5) is 25.1. The van der Waals surface area contributed by atoms with E-state index in [1.165, 1.54) is 4.90 Å². The number of carbonyl (C=O) groups excluding carboxylic acids is 1. The molecule has 0 spiro atoms. The third kappa shape index (κ3) is 2.82. The predicted octanol–water partition coefficient (Wildman–Crippen LogP) is 1.94. The van der Waals surface area contributed by atoms with Gasteiger partial charge in [-0.15, -0.1) is 0 Å². The molecule has 1 saturated heterocycles. The van der Waals surface area contributed by atoms with Gasteiger partial charge in [-0.1, -0.05) is 24.8 Å². The van der Waals surface area contributed by atoms with Gasteiger partial charge in [0.15, 0.2) is 0 Å². The highest BCUT2D eigenvalue weighted by Gasteiger charge is 2.35. The molecule has 0 unspecified atom stereocenters. The van der Waals surface area contributed by atoms with Crippen molar-refractivity contribution in [3.8, 4) is 5.75 Å². The first kappa shape index (κ1) is 14.1. The lowest BCUT2D eigenvalue weighted by Crippen LogP contribution is -2.40. The largest absolute Gasteiger partial charge is 0.489 e. The molecule has 0 aliphatic carbocycles. The van der Waals surface area contributed by atoms with Gasteiger partial charge in [-0.05, 0) is 25.0 Å². The fourth-order valence-electron chi connectivity index (χ4n) is 2.34. The van der Waals surface area contributed by atoms with Gasteiger partial charge in [0.25, 0.3) is 5.91 Å². The molecule has 5 nitrogen and oxygen atoms in total. The van der Waals surface area contributed by atoms with Gasteiger partial charge in [0, 0.05) is 6.54 Å². The zero-order chi connectivity index (χ0) is 14.5. The Labute approximate surface area is 117 Å². The monoisotopic (exact) mass is 275 g/mol. The average molecular weight is 275 g/mol. The average Bonchev–Trinajstić information content (AvgIpc) is 2.94. The Morgan fingerprint density at radius 1 is 1.45 bits per heavy atom. The summed E-state index contributed by atoms with van der Waals surface area (Å²) in [7, 11) is 0. The highest BCUT2D eigenvalue weighted by Crippen LogP contribution is 2.25. The van der Waals surface area contributed by atoms with Crippen LogP contribution in [-0.4, -0.2) is 41.1 Å². The van der Waals surface area contributed by atoms with Crippen molar-refractivity contribution < 1.29 is 19.4 Å². The Morgan fingerprint density at radius 2 is 2.20 bits per heavy atom. The van der Waals surface area contributed by atoms with E-state index in [1.807, 2.05) is 0 Å². The molecule has 1 aromatic carbocycles. The number of hydrogen-bond donors (Lipinski definition) is 1. The molecule has 1 fully saturated rings. The summed E-state index contributed by atoms with van der Waals surface area (Å²) in [6, 6.07) is 6.11. The molecule has 1 aliphatic rings. The van der Waals surface area contributed by atoms with Gasteiger partial charge in [-0.2, -0.15) is 0 Å². The maximum atomic E-state index is 12.5. The minimum Gasteiger partial charge on any atom is -0.489 e. The van der Waals surface area contributed by atoms with Crippen LogP contribution in [0.1, 0.15) is 23.2 Å². The number of nitrogens with zero attached hydrogens (tertiary/aromatic N) is 1. The molecule has 1 atom stereocenters. The van der Waals surface area contributed by atoms with E-state index in [0.29, 0.717) is 37.3 Å². The van der Waals surface area contributed by atoms with Gasteiger partial charge in [0.2, 0.25) is 0 Å². The van der Waals surface area contributed by atoms with Gasteiger partial charge >= 0.3 is 5.97 Å². The van der Waals surface area contributed by atoms with E-state index < -0.39 is 12.0 Å². The van der Waals surface area contributed by atoms with Crippen molar-refractivity contribution >= 4 is 11.9 Å². The van der Waals surface area contributed by atoms with Crippen LogP contribution in [-0.2, 0) is 4.79 Å². The highest BCUT2D eigenvalue weighted by atomic mass is 16.5. The second kappa shape index (κ2) is 6.23. The lowest BCUT2D eigenvalue weighted by Gasteiger charge is -2.22. The molecule has 1 heterocycles. The van der Waals surface area contributed by atoms with Crippen molar-refractivity contribution in [2.24, 2.45) is 0 Å². The number of ether oxygens (including phenoxy) is 1. The summed E-state index contributed by atoms with van der Waals surface area (Å²) in [6.07, 6.45) is 2.80. The number of carbonyl (C=O) groups is 2. The zero-order valence-corrected chi connectivity index (χ0v) is 11.1. The maximum absolute atomic E-state index is 12.5. The van der Waals surface area contributed by atoms with Crippen LogP contribution in [0.5, 0.6) is 5.75 Å². The molecular weight excluding hydrogens is 258 g/mol. The number of hydrogen-bond acceptors (Lipinski definition) is 3. The third-order valence-electron chi connectivity index (χ3n) is 3.27. The molecule has 20 heavy (non-hydrogen) atoms. The van der Waals surface area contributed by atoms with Crippen molar-refractivity contribution in [2.45, 2.75) is 18.9 Å². The lowest BCUT2D eigenvalue weighted by molar-refractivity contribution is -0.141. The van der Waals surface area contributed by atoms with Crippen molar-refractivity contribution in [2.75, 3.05) is 13.2 Å². The maximum Gasteiger partial charge on any atom is 0.326 e. The summed E-state index contributed by atoms with van der Waals surface area (Å²) < 4.78 is 5.45. The molecular formula is C15H17NO4. The molecule has 0 aromatic heterocycles. The molecule has 1 N–H and O–H groups in total. The predicted molar refractivity (Wildman–Crippen MR) is 73.8 cm³/mol. The Hall–Kier alpha value is -2.30. The third-order valence-corrected chi connectivity index (χ3v) is 3.27. The van der Waals surface area contributed by atoms with Gasteiger partial charge < -0.3 is 14.7 Å². The molecule has 5 heteroatoms. The molecule has 0 radical (unpaired) electrons. The van der Waals surface area contributed by atoms with E-state index in [0.717, 1.165) is 0 Å². The van der Waals surface area contributed by atoms with E-state index in [2.05, 4.69) is 6.58 Å². The first-order valence-corrected chi connectivity index (χ1v) is 6.51. The van der Waals surface area contributed by atoms with E-state index in [9.17, 15) is 9.59 Å². The minimum absolute atomic E-state index is 0.297. The molecule has 1 aliphatic heterocycles. The number of amides is 1. The van der Waals surface area contributed by atoms with Gasteiger partial charge in [-0.25, -0.2) is 4.79 Å². The van der Waals surface area contributed by atoms with E-state index in [-0.39, 0.29) is 5.91 Å². The normalized spacial score (nSPS) is 17.8. The fraction of sp³-hybridized carbons (Fsp3) is 0.333. The standard InChI is InChI=1S/C15H17NO4/c1-2-10-20-13-8-4-3-6-11(13)14(17)16-9-5-7-12(16)15(18)19/h2-4,6,8,12H,1,5,7,9-10H2,(H,18,19)/t12-/m1/s1. The Morgan fingerprint density at radius 3 is 2.90 bits per heavy atom. The van der Waals surface area contributed by atoms with Crippen LogP contribution < -0.4 is 4.74 Å². The van der Waals surface area contributed by atoms with Gasteiger partial charge in [0.1, 0.15) is 18.4 Å². The van der Waals surface area contributed by atoms with Crippen LogP contribution in [0.25, 0.3) is 0 Å². The molecule has 1 aromatic rings. The van der Waals surface area contributed by atoms with Gasteiger partial charge in [-0.3, -0.25) is 4.79 Å². The van der Waals surface area contributed by atoms with E-state index in [1.54, 1.807) is 30.3 Å². The van der Waals surface area contributed by atoms with Crippen LogP contribution in [0.4, 0.5) is 0 Å². The van der Waals surface area contributed by atoms with Crippen molar-refractivity contribution in [3.05, 3.63) is 42.5 Å². The second-order valence-corrected chi connectivity index (χ2v) is 4.59. The quantitative estimate of drug-likeness (QED) is 0.834. The number of carboxylic acid groups (broad SMARTS) is 1. The molecule has 2 rings (SSSR count). The molecule has 0 saturated carbocycles. The van der Waals surface area contributed by atoms with Crippen molar-refractivity contribution in [3.63, 3.8) is 0 Å². The van der Waals surface area contributed by atoms with Crippen LogP contribution in [0, 0.1) is 0 Å². The second-order valence-electron chi connectivity index (χ2n) is 4.59. The van der Waals surface area contributed by atoms with Crippen LogP contribution >= 0.6 is 0 Å². The fourth-order valence-corrected chi connectivity index (χ4v) is 2.34. The summed E-state index contributed by atoms with van der Waals surface area (Å²) in [5, 5.41) is 9.15. The lowest BCUT2D eigenvalue weighted by atomic mass is 10.1. The molecule has 0 bridgehead atoms. The summed E-state index contributed by atoms with van der Waals surface area (Å²) >= 11 is 0. The summed E-state index contributed by atoms with van der Waals surface area (Å²) in [5.74, 6) is -0.802. The first-order valence-electron chi connectivity index (χ1n) is 6.51. The van der Waals surface area contributed by atoms with E-state index in [4.69, 9.17) is 9.84 Å². The topological polar surface area (TPSA) is 66.8 Å². The number of para-hydroxylation sites is 1. The molecule has 106 valence electrons. The van der Waals surface area contributed by atoms with E-state index >= 15 is 0 Å². The van der Waals surface area contributed by atoms with Crippen LogP contribution in [0.3, 0.4) is 0 Å². The molecule has 1 amide bonds. The zero-order valence-electron chi connectivity index (χ0n) is 11.1. The van der Waals surface area contributed by atoms with Crippen LogP contribution in [0.15, 0.2) is 36.9 Å².